The zero-order chi connectivity index (χ0) is 18.0. The zero-order valence-corrected chi connectivity index (χ0v) is 14.9. The third kappa shape index (κ3) is 2.87. The maximum absolute atomic E-state index is 13.3. The SMILES string of the molecule is COc1ccccc1NC(=O)C1(c2ccc3c(c2)OCCO3)CCCC1. The maximum atomic E-state index is 13.3. The fourth-order valence-corrected chi connectivity index (χ4v) is 3.96. The molecule has 5 heteroatoms. The molecule has 2 aromatic rings. The van der Waals surface area contributed by atoms with Gasteiger partial charge in [0.1, 0.15) is 19.0 Å². The Morgan fingerprint density at radius 3 is 2.54 bits per heavy atom. The van der Waals surface area contributed by atoms with E-state index in [-0.39, 0.29) is 5.91 Å². The van der Waals surface area contributed by atoms with Gasteiger partial charge in [-0.15, -0.1) is 0 Å². The van der Waals surface area contributed by atoms with Crippen molar-refractivity contribution in [2.24, 2.45) is 0 Å². The molecule has 1 N–H and O–H groups in total. The molecule has 0 saturated heterocycles. The third-order valence-electron chi connectivity index (χ3n) is 5.34. The second-order valence-electron chi connectivity index (χ2n) is 6.80. The van der Waals surface area contributed by atoms with Crippen LogP contribution < -0.4 is 19.5 Å². The molecule has 2 aliphatic rings. The van der Waals surface area contributed by atoms with Gasteiger partial charge in [0.25, 0.3) is 0 Å². The van der Waals surface area contributed by atoms with Crippen molar-refractivity contribution in [2.45, 2.75) is 31.1 Å². The van der Waals surface area contributed by atoms with E-state index in [9.17, 15) is 4.79 Å². The van der Waals surface area contributed by atoms with Crippen molar-refractivity contribution in [3.8, 4) is 17.2 Å². The van der Waals surface area contributed by atoms with Crippen LogP contribution in [0.2, 0.25) is 0 Å². The molecular weight excluding hydrogens is 330 g/mol. The standard InChI is InChI=1S/C21H23NO4/c1-24-17-7-3-2-6-16(17)22-20(23)21(10-4-5-11-21)15-8-9-18-19(14-15)26-13-12-25-18/h2-3,6-9,14H,4-5,10-13H2,1H3,(H,22,23). The van der Waals surface area contributed by atoms with Crippen molar-refractivity contribution in [2.75, 3.05) is 25.6 Å². The molecule has 1 amide bonds. The van der Waals surface area contributed by atoms with Crippen LogP contribution in [0.3, 0.4) is 0 Å². The molecule has 0 atom stereocenters. The number of carbonyl (C=O) groups is 1. The Labute approximate surface area is 153 Å². The van der Waals surface area contributed by atoms with E-state index in [1.165, 1.54) is 0 Å². The number of ether oxygens (including phenoxy) is 3. The molecule has 0 bridgehead atoms. The van der Waals surface area contributed by atoms with E-state index in [4.69, 9.17) is 14.2 Å². The van der Waals surface area contributed by atoms with Crippen LogP contribution in [0.4, 0.5) is 5.69 Å². The number of fused-ring (bicyclic) bond motifs is 1. The summed E-state index contributed by atoms with van der Waals surface area (Å²) in [5.74, 6) is 2.15. The van der Waals surface area contributed by atoms with Crippen LogP contribution in [0.5, 0.6) is 17.2 Å². The van der Waals surface area contributed by atoms with Crippen LogP contribution >= 0.6 is 0 Å². The molecular formula is C21H23NO4. The number of amides is 1. The smallest absolute Gasteiger partial charge is 0.235 e. The molecule has 1 aliphatic carbocycles. The predicted molar refractivity (Wildman–Crippen MR) is 99.2 cm³/mol. The molecule has 1 fully saturated rings. The van der Waals surface area contributed by atoms with Crippen molar-refractivity contribution >= 4 is 11.6 Å². The molecule has 1 saturated carbocycles. The molecule has 5 nitrogen and oxygen atoms in total. The number of hydrogen-bond acceptors (Lipinski definition) is 4. The summed E-state index contributed by atoms with van der Waals surface area (Å²) >= 11 is 0. The number of benzene rings is 2. The summed E-state index contributed by atoms with van der Waals surface area (Å²) in [4.78, 5) is 13.3. The fraction of sp³-hybridized carbons (Fsp3) is 0.381. The summed E-state index contributed by atoms with van der Waals surface area (Å²) < 4.78 is 16.7. The van der Waals surface area contributed by atoms with E-state index in [0.29, 0.717) is 24.7 Å². The van der Waals surface area contributed by atoms with Gasteiger partial charge < -0.3 is 19.5 Å². The second-order valence-corrected chi connectivity index (χ2v) is 6.80. The lowest BCUT2D eigenvalue weighted by molar-refractivity contribution is -0.121. The zero-order valence-electron chi connectivity index (χ0n) is 14.9. The first kappa shape index (κ1) is 16.8. The Balaban J connectivity index is 1.67. The van der Waals surface area contributed by atoms with Gasteiger partial charge in [-0.3, -0.25) is 4.79 Å². The molecule has 4 rings (SSSR count). The van der Waals surface area contributed by atoms with E-state index in [1.807, 2.05) is 42.5 Å². The van der Waals surface area contributed by atoms with Crippen LogP contribution in [-0.4, -0.2) is 26.2 Å². The lowest BCUT2D eigenvalue weighted by Gasteiger charge is -2.30. The summed E-state index contributed by atoms with van der Waals surface area (Å²) in [5.41, 5.74) is 1.15. The van der Waals surface area contributed by atoms with Crippen molar-refractivity contribution in [3.05, 3.63) is 48.0 Å². The van der Waals surface area contributed by atoms with Gasteiger partial charge >= 0.3 is 0 Å². The monoisotopic (exact) mass is 353 g/mol. The molecule has 1 aliphatic heterocycles. The maximum Gasteiger partial charge on any atom is 0.235 e. The van der Waals surface area contributed by atoms with Gasteiger partial charge in [0.05, 0.1) is 18.2 Å². The molecule has 0 unspecified atom stereocenters. The van der Waals surface area contributed by atoms with Crippen molar-refractivity contribution in [1.29, 1.82) is 0 Å². The minimum atomic E-state index is -0.545. The topological polar surface area (TPSA) is 56.8 Å². The van der Waals surface area contributed by atoms with E-state index in [1.54, 1.807) is 7.11 Å². The minimum absolute atomic E-state index is 0.0103. The van der Waals surface area contributed by atoms with Gasteiger partial charge in [-0.2, -0.15) is 0 Å². The number of para-hydroxylation sites is 2. The minimum Gasteiger partial charge on any atom is -0.495 e. The highest BCUT2D eigenvalue weighted by molar-refractivity contribution is 6.00. The number of methoxy groups -OCH3 is 1. The first-order valence-electron chi connectivity index (χ1n) is 9.07. The summed E-state index contributed by atoms with van der Waals surface area (Å²) in [6.45, 7) is 1.10. The Kier molecular flexibility index (Phi) is 4.45. The fourth-order valence-electron chi connectivity index (χ4n) is 3.96. The van der Waals surface area contributed by atoms with Crippen LogP contribution in [0.15, 0.2) is 42.5 Å². The average molecular weight is 353 g/mol. The Morgan fingerprint density at radius 1 is 1.04 bits per heavy atom. The molecule has 136 valence electrons. The Hall–Kier alpha value is -2.69. The Morgan fingerprint density at radius 2 is 1.77 bits per heavy atom. The van der Waals surface area contributed by atoms with Crippen molar-refractivity contribution in [3.63, 3.8) is 0 Å². The summed E-state index contributed by atoms with van der Waals surface area (Å²) in [6, 6.07) is 13.4. The third-order valence-corrected chi connectivity index (χ3v) is 5.34. The van der Waals surface area contributed by atoms with Gasteiger partial charge in [0, 0.05) is 0 Å². The molecule has 26 heavy (non-hydrogen) atoms. The highest BCUT2D eigenvalue weighted by atomic mass is 16.6. The van der Waals surface area contributed by atoms with Crippen molar-refractivity contribution in [1.82, 2.24) is 0 Å². The number of carbonyl (C=O) groups excluding carboxylic acids is 1. The summed E-state index contributed by atoms with van der Waals surface area (Å²) in [6.07, 6.45) is 3.73. The van der Waals surface area contributed by atoms with Crippen LogP contribution in [0, 0.1) is 0 Å². The van der Waals surface area contributed by atoms with Gasteiger partial charge in [-0.05, 0) is 42.7 Å². The van der Waals surface area contributed by atoms with Crippen molar-refractivity contribution < 1.29 is 19.0 Å². The second kappa shape index (κ2) is 6.90. The van der Waals surface area contributed by atoms with Crippen LogP contribution in [0.1, 0.15) is 31.2 Å². The largest absolute Gasteiger partial charge is 0.495 e. The lowest BCUT2D eigenvalue weighted by Crippen LogP contribution is -2.38. The molecule has 2 aromatic carbocycles. The van der Waals surface area contributed by atoms with Crippen LogP contribution in [0.25, 0.3) is 0 Å². The van der Waals surface area contributed by atoms with E-state index in [2.05, 4.69) is 5.32 Å². The van der Waals surface area contributed by atoms with Crippen LogP contribution in [-0.2, 0) is 10.2 Å². The first-order valence-corrected chi connectivity index (χ1v) is 9.07. The molecule has 0 aromatic heterocycles. The van der Waals surface area contributed by atoms with Gasteiger partial charge in [-0.25, -0.2) is 0 Å². The first-order chi connectivity index (χ1) is 12.7. The molecule has 1 heterocycles. The highest BCUT2D eigenvalue weighted by Gasteiger charge is 2.43. The number of rotatable bonds is 4. The molecule has 0 radical (unpaired) electrons. The quantitative estimate of drug-likeness (QED) is 0.905. The van der Waals surface area contributed by atoms with E-state index in [0.717, 1.165) is 42.7 Å². The average Bonchev–Trinajstić information content (AvgIpc) is 3.19. The van der Waals surface area contributed by atoms with E-state index >= 15 is 0 Å². The normalized spacial score (nSPS) is 17.6. The number of nitrogens with one attached hydrogen (secondary N) is 1. The number of hydrogen-bond donors (Lipinski definition) is 1. The van der Waals surface area contributed by atoms with Gasteiger partial charge in [0.15, 0.2) is 11.5 Å². The van der Waals surface area contributed by atoms with Gasteiger partial charge in [0.2, 0.25) is 5.91 Å². The van der Waals surface area contributed by atoms with Gasteiger partial charge in [-0.1, -0.05) is 31.0 Å². The highest BCUT2D eigenvalue weighted by Crippen LogP contribution is 2.45. The summed E-state index contributed by atoms with van der Waals surface area (Å²) in [7, 11) is 1.61. The predicted octanol–water partition coefficient (Wildman–Crippen LogP) is 3.92. The number of anilines is 1. The van der Waals surface area contributed by atoms with E-state index < -0.39 is 5.41 Å². The molecule has 0 spiro atoms. The lowest BCUT2D eigenvalue weighted by atomic mass is 9.77. The summed E-state index contributed by atoms with van der Waals surface area (Å²) in [5, 5.41) is 3.09. The Bertz CT molecular complexity index is 811.